The third-order valence-electron chi connectivity index (χ3n) is 3.19. The zero-order chi connectivity index (χ0) is 11.8. The fourth-order valence-corrected chi connectivity index (χ4v) is 2.09. The number of aromatic nitrogens is 1. The minimum Gasteiger partial charge on any atom is -0.352 e. The predicted molar refractivity (Wildman–Crippen MR) is 67.8 cm³/mol. The Bertz CT molecular complexity index is 567. The van der Waals surface area contributed by atoms with Gasteiger partial charge in [-0.05, 0) is 42.8 Å². The first-order chi connectivity index (χ1) is 8.22. The monoisotopic (exact) mass is 228 g/mol. The molecule has 1 aromatic heterocycles. The van der Waals surface area contributed by atoms with Crippen LogP contribution in [-0.2, 0) is 11.3 Å². The number of nitrogens with one attached hydrogen (secondary N) is 1. The molecule has 1 N–H and O–H groups in total. The van der Waals surface area contributed by atoms with Crippen molar-refractivity contribution in [1.82, 2.24) is 9.88 Å². The molecule has 1 amide bonds. The number of carbonyl (C=O) groups is 1. The highest BCUT2D eigenvalue weighted by atomic mass is 16.2. The van der Waals surface area contributed by atoms with Crippen molar-refractivity contribution in [3.63, 3.8) is 0 Å². The van der Waals surface area contributed by atoms with Gasteiger partial charge < -0.3 is 9.88 Å². The van der Waals surface area contributed by atoms with E-state index in [4.69, 9.17) is 0 Å². The zero-order valence-electron chi connectivity index (χ0n) is 9.94. The van der Waals surface area contributed by atoms with E-state index in [-0.39, 0.29) is 5.91 Å². The molecule has 1 heterocycles. The Kier molecular flexibility index (Phi) is 2.39. The first-order valence-electron chi connectivity index (χ1n) is 6.07. The quantitative estimate of drug-likeness (QED) is 0.858. The van der Waals surface area contributed by atoms with E-state index < -0.39 is 0 Å². The third kappa shape index (κ3) is 2.18. The van der Waals surface area contributed by atoms with Crippen LogP contribution in [0.5, 0.6) is 0 Å². The van der Waals surface area contributed by atoms with Crippen molar-refractivity contribution in [2.24, 2.45) is 0 Å². The lowest BCUT2D eigenvalue weighted by Gasteiger charge is -2.06. The van der Waals surface area contributed by atoms with Crippen LogP contribution >= 0.6 is 0 Å². The lowest BCUT2D eigenvalue weighted by molar-refractivity contribution is -0.121. The van der Waals surface area contributed by atoms with Gasteiger partial charge in [-0.15, -0.1) is 0 Å². The average Bonchev–Trinajstić information content (AvgIpc) is 3.01. The molecule has 0 spiro atoms. The highest BCUT2D eigenvalue weighted by Gasteiger charge is 2.23. The SMILES string of the molecule is Cc1ccc2ccn(CC(=O)NC3CC3)c2c1. The lowest BCUT2D eigenvalue weighted by atomic mass is 10.2. The summed E-state index contributed by atoms with van der Waals surface area (Å²) in [6.07, 6.45) is 4.26. The Labute approximate surface area is 100 Å². The summed E-state index contributed by atoms with van der Waals surface area (Å²) in [6, 6.07) is 8.81. The maximum Gasteiger partial charge on any atom is 0.240 e. The predicted octanol–water partition coefficient (Wildman–Crippen LogP) is 2.23. The smallest absolute Gasteiger partial charge is 0.240 e. The normalized spacial score (nSPS) is 15.1. The molecule has 0 aliphatic heterocycles. The standard InChI is InChI=1S/C14H16N2O/c1-10-2-3-11-6-7-16(13(11)8-10)9-14(17)15-12-4-5-12/h2-3,6-8,12H,4-5,9H2,1H3,(H,15,17). The van der Waals surface area contributed by atoms with Crippen LogP contribution in [0.2, 0.25) is 0 Å². The summed E-state index contributed by atoms with van der Waals surface area (Å²) in [5, 5.41) is 4.20. The van der Waals surface area contributed by atoms with Gasteiger partial charge in [0.1, 0.15) is 6.54 Å². The lowest BCUT2D eigenvalue weighted by Crippen LogP contribution is -2.28. The largest absolute Gasteiger partial charge is 0.352 e. The van der Waals surface area contributed by atoms with Gasteiger partial charge in [-0.3, -0.25) is 4.79 Å². The van der Waals surface area contributed by atoms with Gasteiger partial charge in [0.2, 0.25) is 5.91 Å². The molecule has 1 aliphatic rings. The number of hydrogen-bond donors (Lipinski definition) is 1. The van der Waals surface area contributed by atoms with Crippen molar-refractivity contribution in [1.29, 1.82) is 0 Å². The van der Waals surface area contributed by atoms with Gasteiger partial charge in [-0.25, -0.2) is 0 Å². The van der Waals surface area contributed by atoms with Gasteiger partial charge in [-0.1, -0.05) is 12.1 Å². The Morgan fingerprint density at radius 2 is 2.24 bits per heavy atom. The molecular weight excluding hydrogens is 212 g/mol. The molecule has 1 aromatic carbocycles. The molecule has 1 aliphatic carbocycles. The van der Waals surface area contributed by atoms with E-state index in [9.17, 15) is 4.79 Å². The van der Waals surface area contributed by atoms with Gasteiger partial charge in [0.15, 0.2) is 0 Å². The van der Waals surface area contributed by atoms with Crippen molar-refractivity contribution >= 4 is 16.8 Å². The second-order valence-corrected chi connectivity index (χ2v) is 4.85. The molecule has 88 valence electrons. The summed E-state index contributed by atoms with van der Waals surface area (Å²) >= 11 is 0. The summed E-state index contributed by atoms with van der Waals surface area (Å²) in [5.41, 5.74) is 2.36. The molecule has 0 atom stereocenters. The van der Waals surface area contributed by atoms with Crippen LogP contribution in [0.15, 0.2) is 30.5 Å². The van der Waals surface area contributed by atoms with Crippen molar-refractivity contribution < 1.29 is 4.79 Å². The Morgan fingerprint density at radius 3 is 3.00 bits per heavy atom. The molecule has 17 heavy (non-hydrogen) atoms. The zero-order valence-corrected chi connectivity index (χ0v) is 9.94. The summed E-state index contributed by atoms with van der Waals surface area (Å²) in [6.45, 7) is 2.49. The molecule has 3 rings (SSSR count). The second-order valence-electron chi connectivity index (χ2n) is 4.85. The van der Waals surface area contributed by atoms with E-state index in [1.807, 2.05) is 10.8 Å². The van der Waals surface area contributed by atoms with Gasteiger partial charge in [0.05, 0.1) is 0 Å². The minimum atomic E-state index is 0.117. The molecule has 0 bridgehead atoms. The number of amides is 1. The fourth-order valence-electron chi connectivity index (χ4n) is 2.09. The van der Waals surface area contributed by atoms with E-state index in [0.29, 0.717) is 12.6 Å². The summed E-state index contributed by atoms with van der Waals surface area (Å²) in [4.78, 5) is 11.8. The molecule has 3 heteroatoms. The number of hydrogen-bond acceptors (Lipinski definition) is 1. The number of benzene rings is 1. The van der Waals surface area contributed by atoms with Crippen LogP contribution in [0.4, 0.5) is 0 Å². The molecule has 0 radical (unpaired) electrons. The van der Waals surface area contributed by atoms with Gasteiger partial charge >= 0.3 is 0 Å². The average molecular weight is 228 g/mol. The summed E-state index contributed by atoms with van der Waals surface area (Å²) < 4.78 is 2.01. The van der Waals surface area contributed by atoms with Crippen molar-refractivity contribution in [2.45, 2.75) is 32.4 Å². The first kappa shape index (κ1) is 10.4. The van der Waals surface area contributed by atoms with Crippen LogP contribution in [-0.4, -0.2) is 16.5 Å². The van der Waals surface area contributed by atoms with Crippen molar-refractivity contribution in [2.75, 3.05) is 0 Å². The summed E-state index contributed by atoms with van der Waals surface area (Å²) in [5.74, 6) is 0.117. The van der Waals surface area contributed by atoms with Crippen LogP contribution in [0, 0.1) is 6.92 Å². The number of nitrogens with zero attached hydrogens (tertiary/aromatic N) is 1. The number of carbonyl (C=O) groups excluding carboxylic acids is 1. The first-order valence-corrected chi connectivity index (χ1v) is 6.07. The second kappa shape index (κ2) is 3.91. The highest BCUT2D eigenvalue weighted by molar-refractivity contribution is 5.84. The fraction of sp³-hybridized carbons (Fsp3) is 0.357. The Balaban J connectivity index is 1.83. The molecule has 2 aromatic rings. The van der Waals surface area contributed by atoms with Crippen LogP contribution < -0.4 is 5.32 Å². The van der Waals surface area contributed by atoms with Crippen molar-refractivity contribution in [3.8, 4) is 0 Å². The molecule has 0 saturated heterocycles. The van der Waals surface area contributed by atoms with E-state index in [1.165, 1.54) is 10.9 Å². The van der Waals surface area contributed by atoms with Gasteiger partial charge in [0.25, 0.3) is 0 Å². The van der Waals surface area contributed by atoms with Crippen LogP contribution in [0.3, 0.4) is 0 Å². The molecule has 1 saturated carbocycles. The number of rotatable bonds is 3. The number of aryl methyl sites for hydroxylation is 1. The van der Waals surface area contributed by atoms with E-state index in [1.54, 1.807) is 0 Å². The molecule has 0 unspecified atom stereocenters. The van der Waals surface area contributed by atoms with Gasteiger partial charge in [0, 0.05) is 17.8 Å². The highest BCUT2D eigenvalue weighted by Crippen LogP contribution is 2.20. The Morgan fingerprint density at radius 1 is 1.41 bits per heavy atom. The maximum absolute atomic E-state index is 11.8. The van der Waals surface area contributed by atoms with E-state index in [0.717, 1.165) is 18.4 Å². The molecule has 3 nitrogen and oxygen atoms in total. The molecule has 1 fully saturated rings. The Hall–Kier alpha value is -1.77. The topological polar surface area (TPSA) is 34.0 Å². The van der Waals surface area contributed by atoms with E-state index in [2.05, 4.69) is 36.5 Å². The third-order valence-corrected chi connectivity index (χ3v) is 3.19. The number of fused-ring (bicyclic) bond motifs is 1. The van der Waals surface area contributed by atoms with E-state index >= 15 is 0 Å². The van der Waals surface area contributed by atoms with Crippen molar-refractivity contribution in [3.05, 3.63) is 36.0 Å². The minimum absolute atomic E-state index is 0.117. The van der Waals surface area contributed by atoms with Crippen LogP contribution in [0.1, 0.15) is 18.4 Å². The summed E-state index contributed by atoms with van der Waals surface area (Å²) in [7, 11) is 0. The molecular formula is C14H16N2O. The maximum atomic E-state index is 11.8. The van der Waals surface area contributed by atoms with Gasteiger partial charge in [-0.2, -0.15) is 0 Å². The van der Waals surface area contributed by atoms with Crippen LogP contribution in [0.25, 0.3) is 10.9 Å².